The monoisotopic (exact) mass is 306 g/mol. The molecule has 3 nitrogen and oxygen atoms in total. The summed E-state index contributed by atoms with van der Waals surface area (Å²) in [4.78, 5) is 1.85. The van der Waals surface area contributed by atoms with Gasteiger partial charge in [0, 0.05) is 26.2 Å². The summed E-state index contributed by atoms with van der Waals surface area (Å²) in [5, 5.41) is 3.13. The van der Waals surface area contributed by atoms with Gasteiger partial charge in [-0.05, 0) is 23.8 Å². The highest BCUT2D eigenvalue weighted by Crippen LogP contribution is 2.35. The fourth-order valence-electron chi connectivity index (χ4n) is 2.49. The molecule has 0 aromatic heterocycles. The maximum absolute atomic E-state index is 13.4. The van der Waals surface area contributed by atoms with Gasteiger partial charge in [0.25, 0.3) is 0 Å². The van der Waals surface area contributed by atoms with Gasteiger partial charge in [0.15, 0.2) is 0 Å². The van der Waals surface area contributed by atoms with Crippen LogP contribution in [0.5, 0.6) is 5.75 Å². The van der Waals surface area contributed by atoms with Crippen LogP contribution in [0.15, 0.2) is 18.2 Å². The summed E-state index contributed by atoms with van der Waals surface area (Å²) in [7, 11) is 1.30. The predicted molar refractivity (Wildman–Crippen MR) is 71.2 cm³/mol. The molecule has 2 rings (SSSR count). The number of rotatable bonds is 4. The van der Waals surface area contributed by atoms with Crippen molar-refractivity contribution in [3.05, 3.63) is 29.3 Å². The van der Waals surface area contributed by atoms with Gasteiger partial charge < -0.3 is 10.1 Å². The lowest BCUT2D eigenvalue weighted by Gasteiger charge is -2.34. The largest absolute Gasteiger partial charge is 0.497 e. The van der Waals surface area contributed by atoms with Crippen LogP contribution in [0.4, 0.5) is 17.6 Å². The van der Waals surface area contributed by atoms with E-state index in [9.17, 15) is 17.6 Å². The molecule has 1 fully saturated rings. The molecule has 0 aliphatic carbocycles. The smallest absolute Gasteiger partial charge is 0.416 e. The van der Waals surface area contributed by atoms with Gasteiger partial charge in [0.1, 0.15) is 12.4 Å². The fraction of sp³-hybridized carbons (Fsp3) is 0.571. The molecule has 0 radical (unpaired) electrons. The molecular formula is C14H18F4N2O. The highest BCUT2D eigenvalue weighted by molar-refractivity contribution is 5.37. The van der Waals surface area contributed by atoms with Crippen LogP contribution >= 0.6 is 0 Å². The predicted octanol–water partition coefficient (Wildman–Crippen LogP) is 2.63. The third-order valence-electron chi connectivity index (χ3n) is 3.62. The van der Waals surface area contributed by atoms with E-state index < -0.39 is 24.5 Å². The summed E-state index contributed by atoms with van der Waals surface area (Å²) in [6, 6.07) is 2.73. The Morgan fingerprint density at radius 2 is 1.90 bits per heavy atom. The zero-order valence-electron chi connectivity index (χ0n) is 11.7. The molecule has 1 aliphatic rings. The first-order valence-electron chi connectivity index (χ1n) is 6.72. The van der Waals surface area contributed by atoms with Crippen LogP contribution in [0.1, 0.15) is 17.2 Å². The van der Waals surface area contributed by atoms with Crippen molar-refractivity contribution in [1.82, 2.24) is 10.2 Å². The summed E-state index contributed by atoms with van der Waals surface area (Å²) in [6.07, 6.45) is -4.48. The second-order valence-electron chi connectivity index (χ2n) is 4.95. The second kappa shape index (κ2) is 6.62. The van der Waals surface area contributed by atoms with Crippen molar-refractivity contribution in [3.63, 3.8) is 0 Å². The second-order valence-corrected chi connectivity index (χ2v) is 4.95. The number of alkyl halides is 4. The lowest BCUT2D eigenvalue weighted by atomic mass is 10.0. The van der Waals surface area contributed by atoms with E-state index >= 15 is 0 Å². The molecule has 0 amide bonds. The Balaban J connectivity index is 2.35. The quantitative estimate of drug-likeness (QED) is 0.866. The Hall–Kier alpha value is -1.34. The summed E-state index contributed by atoms with van der Waals surface area (Å²) in [5.74, 6) is 0.0911. The molecule has 1 aromatic carbocycles. The molecule has 1 saturated heterocycles. The number of hydrogen-bond donors (Lipinski definition) is 1. The van der Waals surface area contributed by atoms with E-state index in [1.54, 1.807) is 0 Å². The zero-order chi connectivity index (χ0) is 15.5. The van der Waals surface area contributed by atoms with Gasteiger partial charge in [-0.3, -0.25) is 4.90 Å². The Labute approximate surface area is 120 Å². The van der Waals surface area contributed by atoms with Crippen molar-refractivity contribution in [3.8, 4) is 5.75 Å². The molecule has 1 aromatic rings. The number of ether oxygens (including phenoxy) is 1. The first-order chi connectivity index (χ1) is 9.95. The van der Waals surface area contributed by atoms with E-state index in [1.807, 2.05) is 4.90 Å². The molecule has 1 aliphatic heterocycles. The topological polar surface area (TPSA) is 24.5 Å². The molecule has 21 heavy (non-hydrogen) atoms. The average Bonchev–Trinajstić information content (AvgIpc) is 2.48. The summed E-state index contributed by atoms with van der Waals surface area (Å²) >= 11 is 0. The van der Waals surface area contributed by atoms with E-state index in [-0.39, 0.29) is 5.75 Å². The maximum Gasteiger partial charge on any atom is 0.416 e. The van der Waals surface area contributed by atoms with Crippen molar-refractivity contribution in [2.45, 2.75) is 12.2 Å². The van der Waals surface area contributed by atoms with E-state index in [4.69, 9.17) is 4.74 Å². The minimum Gasteiger partial charge on any atom is -0.497 e. The fourth-order valence-corrected chi connectivity index (χ4v) is 2.49. The van der Waals surface area contributed by atoms with Crippen LogP contribution in [0.2, 0.25) is 0 Å². The van der Waals surface area contributed by atoms with E-state index in [2.05, 4.69) is 5.32 Å². The molecular weight excluding hydrogens is 288 g/mol. The van der Waals surface area contributed by atoms with Gasteiger partial charge in [-0.1, -0.05) is 0 Å². The van der Waals surface area contributed by atoms with E-state index in [0.29, 0.717) is 31.7 Å². The molecule has 1 heterocycles. The standard InChI is InChI=1S/C14H18F4N2O/c1-21-12-7-10(6-11(8-12)14(16,17)18)13(9-15)20-4-2-19-3-5-20/h6-8,13,19H,2-5,9H2,1H3/t13-/m0/s1. The molecule has 0 spiro atoms. The number of benzene rings is 1. The van der Waals surface area contributed by atoms with Crippen LogP contribution in [-0.2, 0) is 6.18 Å². The van der Waals surface area contributed by atoms with Crippen LogP contribution in [0.25, 0.3) is 0 Å². The molecule has 7 heteroatoms. The zero-order valence-corrected chi connectivity index (χ0v) is 11.7. The Morgan fingerprint density at radius 1 is 1.24 bits per heavy atom. The highest BCUT2D eigenvalue weighted by Gasteiger charge is 2.33. The van der Waals surface area contributed by atoms with Crippen molar-refractivity contribution in [2.24, 2.45) is 0 Å². The molecule has 1 atom stereocenters. The lowest BCUT2D eigenvalue weighted by Crippen LogP contribution is -2.45. The Kier molecular flexibility index (Phi) is 5.05. The van der Waals surface area contributed by atoms with Crippen LogP contribution in [0, 0.1) is 0 Å². The molecule has 0 unspecified atom stereocenters. The van der Waals surface area contributed by atoms with Crippen molar-refractivity contribution in [1.29, 1.82) is 0 Å². The number of halogens is 4. The molecule has 0 bridgehead atoms. The van der Waals surface area contributed by atoms with Gasteiger partial charge in [-0.2, -0.15) is 13.2 Å². The third-order valence-corrected chi connectivity index (χ3v) is 3.62. The maximum atomic E-state index is 13.4. The van der Waals surface area contributed by atoms with Crippen LogP contribution < -0.4 is 10.1 Å². The summed E-state index contributed by atoms with van der Waals surface area (Å²) in [5.41, 5.74) is -0.517. The third kappa shape index (κ3) is 3.85. The molecule has 0 saturated carbocycles. The number of piperazine rings is 1. The van der Waals surface area contributed by atoms with Crippen molar-refractivity contribution < 1.29 is 22.3 Å². The average molecular weight is 306 g/mol. The van der Waals surface area contributed by atoms with Gasteiger partial charge >= 0.3 is 6.18 Å². The highest BCUT2D eigenvalue weighted by atomic mass is 19.4. The normalized spacial score (nSPS) is 18.5. The minimum absolute atomic E-state index is 0.0911. The number of nitrogens with one attached hydrogen (secondary N) is 1. The van der Waals surface area contributed by atoms with Gasteiger partial charge in [0.2, 0.25) is 0 Å². The first kappa shape index (κ1) is 16.0. The van der Waals surface area contributed by atoms with E-state index in [0.717, 1.165) is 12.1 Å². The molecule has 118 valence electrons. The van der Waals surface area contributed by atoms with Gasteiger partial charge in [-0.15, -0.1) is 0 Å². The first-order valence-corrected chi connectivity index (χ1v) is 6.72. The number of nitrogens with zero attached hydrogens (tertiary/aromatic N) is 1. The van der Waals surface area contributed by atoms with E-state index in [1.165, 1.54) is 13.2 Å². The lowest BCUT2D eigenvalue weighted by molar-refractivity contribution is -0.137. The number of hydrogen-bond acceptors (Lipinski definition) is 3. The Morgan fingerprint density at radius 3 is 2.43 bits per heavy atom. The van der Waals surface area contributed by atoms with Crippen molar-refractivity contribution in [2.75, 3.05) is 40.0 Å². The van der Waals surface area contributed by atoms with Gasteiger partial charge in [-0.25, -0.2) is 4.39 Å². The van der Waals surface area contributed by atoms with Gasteiger partial charge in [0.05, 0.1) is 18.7 Å². The summed E-state index contributed by atoms with van der Waals surface area (Å²) < 4.78 is 57.1. The minimum atomic E-state index is -4.48. The SMILES string of the molecule is COc1cc([C@H](CF)N2CCNCC2)cc(C(F)(F)F)c1. The van der Waals surface area contributed by atoms with Crippen LogP contribution in [-0.4, -0.2) is 44.9 Å². The molecule has 1 N–H and O–H groups in total. The van der Waals surface area contributed by atoms with Crippen molar-refractivity contribution >= 4 is 0 Å². The van der Waals surface area contributed by atoms with Crippen LogP contribution in [0.3, 0.4) is 0 Å². The summed E-state index contributed by atoms with van der Waals surface area (Å²) in [6.45, 7) is 1.88. The number of methoxy groups -OCH3 is 1. The Bertz CT molecular complexity index is 473.